The van der Waals surface area contributed by atoms with Gasteiger partial charge in [-0.15, -0.1) is 0 Å². The van der Waals surface area contributed by atoms with Gasteiger partial charge in [-0.1, -0.05) is 0 Å². The minimum absolute atomic E-state index is 0.195. The molecule has 0 spiro atoms. The number of aromatic nitrogens is 3. The number of nitrogens with zero attached hydrogens (tertiary/aromatic N) is 1. The Morgan fingerprint density at radius 3 is 2.73 bits per heavy atom. The van der Waals surface area contributed by atoms with E-state index in [1.165, 1.54) is 6.20 Å². The van der Waals surface area contributed by atoms with Gasteiger partial charge in [0.25, 0.3) is 0 Å². The smallest absolute Gasteiger partial charge is 0.339 e. The fourth-order valence-electron chi connectivity index (χ4n) is 1.68. The van der Waals surface area contributed by atoms with E-state index in [0.29, 0.717) is 5.69 Å². The van der Waals surface area contributed by atoms with E-state index in [-0.39, 0.29) is 5.56 Å². The molecular weight excluding hydrogens is 194 g/mol. The summed E-state index contributed by atoms with van der Waals surface area (Å²) >= 11 is 0. The van der Waals surface area contributed by atoms with Crippen molar-refractivity contribution in [3.63, 3.8) is 0 Å². The predicted octanol–water partition coefficient (Wildman–Crippen LogP) is 1.72. The molecule has 0 bridgehead atoms. The van der Waals surface area contributed by atoms with E-state index in [0.717, 1.165) is 16.8 Å². The fraction of sp³-hybridized carbons (Fsp3) is 0.200. The number of aromatic amines is 2. The molecule has 2 aromatic rings. The lowest BCUT2D eigenvalue weighted by Gasteiger charge is -2.00. The van der Waals surface area contributed by atoms with Crippen LogP contribution < -0.4 is 0 Å². The predicted molar refractivity (Wildman–Crippen MR) is 54.8 cm³/mol. The van der Waals surface area contributed by atoms with Gasteiger partial charge in [0.2, 0.25) is 0 Å². The Kier molecular flexibility index (Phi) is 2.07. The zero-order chi connectivity index (χ0) is 11.0. The Balaban J connectivity index is 2.64. The summed E-state index contributed by atoms with van der Waals surface area (Å²) in [5.41, 5.74) is 3.56. The quantitative estimate of drug-likeness (QED) is 0.698. The largest absolute Gasteiger partial charge is 0.478 e. The molecule has 0 aliphatic rings. The van der Waals surface area contributed by atoms with Gasteiger partial charge >= 0.3 is 5.97 Å². The van der Waals surface area contributed by atoms with E-state index >= 15 is 0 Å². The maximum Gasteiger partial charge on any atom is 0.339 e. The number of carboxylic acids is 1. The summed E-state index contributed by atoms with van der Waals surface area (Å²) in [5.74, 6) is -0.973. The molecule has 2 aromatic heterocycles. The van der Waals surface area contributed by atoms with Crippen molar-refractivity contribution in [2.45, 2.75) is 13.8 Å². The number of rotatable bonds is 2. The highest BCUT2D eigenvalue weighted by atomic mass is 16.4. The van der Waals surface area contributed by atoms with Crippen molar-refractivity contribution in [2.24, 2.45) is 0 Å². The van der Waals surface area contributed by atoms with Crippen LogP contribution in [0.3, 0.4) is 0 Å². The highest BCUT2D eigenvalue weighted by molar-refractivity contribution is 5.95. The summed E-state index contributed by atoms with van der Waals surface area (Å²) in [7, 11) is 0. The van der Waals surface area contributed by atoms with E-state index in [4.69, 9.17) is 5.11 Å². The highest BCUT2D eigenvalue weighted by Gasteiger charge is 2.17. The summed E-state index contributed by atoms with van der Waals surface area (Å²) in [5, 5.41) is 15.4. The molecule has 0 amide bonds. The molecule has 2 rings (SSSR count). The second kappa shape index (κ2) is 3.27. The van der Waals surface area contributed by atoms with E-state index in [2.05, 4.69) is 15.2 Å². The molecule has 3 N–H and O–H groups in total. The third-order valence-corrected chi connectivity index (χ3v) is 2.39. The fourth-order valence-corrected chi connectivity index (χ4v) is 1.68. The van der Waals surface area contributed by atoms with Crippen LogP contribution in [0.5, 0.6) is 0 Å². The first-order valence-electron chi connectivity index (χ1n) is 4.53. The summed E-state index contributed by atoms with van der Waals surface area (Å²) in [6, 6.07) is 0. The molecule has 0 saturated carbocycles. The first kappa shape index (κ1) is 9.51. The number of carboxylic acid groups (broad SMARTS) is 1. The van der Waals surface area contributed by atoms with Gasteiger partial charge in [-0.3, -0.25) is 5.10 Å². The lowest BCUT2D eigenvalue weighted by molar-refractivity contribution is 0.0698. The lowest BCUT2D eigenvalue weighted by Crippen LogP contribution is -1.97. The molecule has 0 unspecified atom stereocenters. The molecule has 5 nitrogen and oxygen atoms in total. The zero-order valence-electron chi connectivity index (χ0n) is 8.46. The normalized spacial score (nSPS) is 10.5. The average molecular weight is 205 g/mol. The molecule has 0 radical (unpaired) electrons. The molecule has 0 aliphatic carbocycles. The molecule has 5 heteroatoms. The molecule has 0 fully saturated rings. The Bertz CT molecular complexity index is 491. The number of H-pyrrole nitrogens is 2. The van der Waals surface area contributed by atoms with Crippen molar-refractivity contribution < 1.29 is 9.90 Å². The van der Waals surface area contributed by atoms with Crippen molar-refractivity contribution in [3.05, 3.63) is 29.2 Å². The summed E-state index contributed by atoms with van der Waals surface area (Å²) in [6.07, 6.45) is 3.17. The number of nitrogens with one attached hydrogen (secondary N) is 2. The van der Waals surface area contributed by atoms with Gasteiger partial charge in [-0.25, -0.2) is 4.79 Å². The number of carbonyl (C=O) groups is 1. The third kappa shape index (κ3) is 1.41. The molecular formula is C10H11N3O2. The van der Waals surface area contributed by atoms with Crippen molar-refractivity contribution in [1.82, 2.24) is 15.2 Å². The second-order valence-corrected chi connectivity index (χ2v) is 3.44. The Hall–Kier alpha value is -2.04. The van der Waals surface area contributed by atoms with E-state index in [9.17, 15) is 4.79 Å². The van der Waals surface area contributed by atoms with Gasteiger partial charge in [0.1, 0.15) is 5.56 Å². The van der Waals surface area contributed by atoms with Crippen LogP contribution in [-0.2, 0) is 0 Å². The summed E-state index contributed by atoms with van der Waals surface area (Å²) < 4.78 is 0. The summed E-state index contributed by atoms with van der Waals surface area (Å²) in [6.45, 7) is 3.82. The van der Waals surface area contributed by atoms with Crippen molar-refractivity contribution in [1.29, 1.82) is 0 Å². The highest BCUT2D eigenvalue weighted by Crippen LogP contribution is 2.27. The molecule has 2 heterocycles. The van der Waals surface area contributed by atoms with Crippen molar-refractivity contribution in [3.8, 4) is 11.3 Å². The second-order valence-electron chi connectivity index (χ2n) is 3.44. The lowest BCUT2D eigenvalue weighted by atomic mass is 10.1. The zero-order valence-corrected chi connectivity index (χ0v) is 8.46. The van der Waals surface area contributed by atoms with Crippen LogP contribution in [0.1, 0.15) is 21.6 Å². The topological polar surface area (TPSA) is 81.8 Å². The molecule has 15 heavy (non-hydrogen) atoms. The first-order chi connectivity index (χ1) is 7.11. The SMILES string of the molecule is Cc1c[nH]c(C)c1-c1[nH]ncc1C(=O)O. The number of aromatic carboxylic acids is 1. The van der Waals surface area contributed by atoms with E-state index in [1.54, 1.807) is 0 Å². The van der Waals surface area contributed by atoms with Crippen LogP contribution in [-0.4, -0.2) is 26.3 Å². The number of hydrogen-bond acceptors (Lipinski definition) is 2. The van der Waals surface area contributed by atoms with Gasteiger partial charge in [-0.2, -0.15) is 5.10 Å². The Labute approximate surface area is 86.1 Å². The van der Waals surface area contributed by atoms with Crippen LogP contribution in [0.15, 0.2) is 12.4 Å². The Morgan fingerprint density at radius 2 is 2.20 bits per heavy atom. The minimum atomic E-state index is -0.973. The van der Waals surface area contributed by atoms with Gasteiger partial charge in [0.05, 0.1) is 11.9 Å². The molecule has 78 valence electrons. The third-order valence-electron chi connectivity index (χ3n) is 2.39. The summed E-state index contributed by atoms with van der Waals surface area (Å²) in [4.78, 5) is 14.0. The minimum Gasteiger partial charge on any atom is -0.478 e. The van der Waals surface area contributed by atoms with Gasteiger partial charge < -0.3 is 10.1 Å². The van der Waals surface area contributed by atoms with Crippen LogP contribution in [0.4, 0.5) is 0 Å². The van der Waals surface area contributed by atoms with Gasteiger partial charge in [-0.05, 0) is 19.4 Å². The van der Waals surface area contributed by atoms with E-state index < -0.39 is 5.97 Å². The first-order valence-corrected chi connectivity index (χ1v) is 4.53. The monoisotopic (exact) mass is 205 g/mol. The Morgan fingerprint density at radius 1 is 1.47 bits per heavy atom. The van der Waals surface area contributed by atoms with Crippen LogP contribution in [0.25, 0.3) is 11.3 Å². The maximum atomic E-state index is 10.9. The van der Waals surface area contributed by atoms with Crippen LogP contribution in [0.2, 0.25) is 0 Å². The van der Waals surface area contributed by atoms with E-state index in [1.807, 2.05) is 20.0 Å². The standard InChI is InChI=1S/C10H11N3O2/c1-5-3-11-6(2)8(5)9-7(10(14)15)4-12-13-9/h3-4,11H,1-2H3,(H,12,13)(H,14,15). The maximum absolute atomic E-state index is 10.9. The van der Waals surface area contributed by atoms with Crippen molar-refractivity contribution >= 4 is 5.97 Å². The van der Waals surface area contributed by atoms with Gasteiger partial charge in [0, 0.05) is 17.5 Å². The van der Waals surface area contributed by atoms with Crippen LogP contribution >= 0.6 is 0 Å². The molecule has 0 atom stereocenters. The van der Waals surface area contributed by atoms with Crippen molar-refractivity contribution in [2.75, 3.05) is 0 Å². The van der Waals surface area contributed by atoms with Gasteiger partial charge in [0.15, 0.2) is 0 Å². The average Bonchev–Trinajstić information content (AvgIpc) is 2.73. The number of hydrogen-bond donors (Lipinski definition) is 3. The number of aryl methyl sites for hydroxylation is 2. The molecule has 0 aromatic carbocycles. The van der Waals surface area contributed by atoms with Crippen LogP contribution in [0, 0.1) is 13.8 Å². The molecule has 0 aliphatic heterocycles. The molecule has 0 saturated heterocycles.